The average Bonchev–Trinajstić information content (AvgIpc) is 3.26. The number of urea groups is 1. The van der Waals surface area contributed by atoms with Gasteiger partial charge < -0.3 is 29.3 Å². The van der Waals surface area contributed by atoms with Gasteiger partial charge >= 0.3 is 6.03 Å². The quantitative estimate of drug-likeness (QED) is 0.804. The van der Waals surface area contributed by atoms with E-state index in [4.69, 9.17) is 14.2 Å². The Morgan fingerprint density at radius 3 is 2.92 bits per heavy atom. The molecule has 1 atom stereocenters. The number of nitrogens with zero attached hydrogens (tertiary/aromatic N) is 2. The van der Waals surface area contributed by atoms with Crippen LogP contribution in [0.15, 0.2) is 18.2 Å². The predicted octanol–water partition coefficient (Wildman–Crippen LogP) is 1.06. The Bertz CT molecular complexity index is 649. The third kappa shape index (κ3) is 3.89. The Morgan fingerprint density at radius 2 is 2.12 bits per heavy atom. The number of carbonyl (C=O) groups excluding carboxylic acids is 2. The number of amides is 3. The number of hydrogen-bond donors (Lipinski definition) is 1. The number of benzene rings is 1. The number of ether oxygens (including phenoxy) is 3. The number of hydrogen-bond acceptors (Lipinski definition) is 5. The summed E-state index contributed by atoms with van der Waals surface area (Å²) in [6.45, 7) is 1.49. The minimum absolute atomic E-state index is 0.0377. The molecule has 1 aromatic carbocycles. The lowest BCUT2D eigenvalue weighted by atomic mass is 10.2. The Morgan fingerprint density at radius 1 is 1.32 bits per heavy atom. The maximum atomic E-state index is 12.3. The summed E-state index contributed by atoms with van der Waals surface area (Å²) in [5.41, 5.74) is 0. The van der Waals surface area contributed by atoms with Gasteiger partial charge in [-0.1, -0.05) is 0 Å². The van der Waals surface area contributed by atoms with Crippen molar-refractivity contribution in [1.82, 2.24) is 15.1 Å². The highest BCUT2D eigenvalue weighted by Crippen LogP contribution is 2.34. The molecule has 136 valence electrons. The van der Waals surface area contributed by atoms with E-state index in [2.05, 4.69) is 5.32 Å². The highest BCUT2D eigenvalue weighted by atomic mass is 16.7. The van der Waals surface area contributed by atoms with Gasteiger partial charge in [0.2, 0.25) is 12.7 Å². The fourth-order valence-electron chi connectivity index (χ4n) is 2.96. The molecule has 0 radical (unpaired) electrons. The molecule has 0 aromatic heterocycles. The SMILES string of the molecule is CN(C)C(=O)C1CCCN1C(=O)NCCOc1ccc2c(c1)OCO2. The minimum atomic E-state index is -0.371. The summed E-state index contributed by atoms with van der Waals surface area (Å²) >= 11 is 0. The van der Waals surface area contributed by atoms with Crippen LogP contribution in [0.5, 0.6) is 17.2 Å². The molecule has 1 N–H and O–H groups in total. The van der Waals surface area contributed by atoms with Gasteiger partial charge in [0.15, 0.2) is 11.5 Å². The van der Waals surface area contributed by atoms with E-state index in [1.165, 1.54) is 4.90 Å². The zero-order valence-corrected chi connectivity index (χ0v) is 14.5. The van der Waals surface area contributed by atoms with Crippen LogP contribution in [0.3, 0.4) is 0 Å². The zero-order chi connectivity index (χ0) is 17.8. The second-order valence-corrected chi connectivity index (χ2v) is 6.18. The van der Waals surface area contributed by atoms with Crippen molar-refractivity contribution in [3.8, 4) is 17.2 Å². The molecular formula is C17H23N3O5. The third-order valence-corrected chi connectivity index (χ3v) is 4.23. The van der Waals surface area contributed by atoms with Gasteiger partial charge in [0.25, 0.3) is 0 Å². The Kier molecular flexibility index (Phi) is 5.16. The first-order valence-corrected chi connectivity index (χ1v) is 8.34. The van der Waals surface area contributed by atoms with E-state index in [-0.39, 0.29) is 24.8 Å². The molecule has 1 saturated heterocycles. The third-order valence-electron chi connectivity index (χ3n) is 4.23. The van der Waals surface area contributed by atoms with Gasteiger partial charge in [-0.2, -0.15) is 0 Å². The maximum Gasteiger partial charge on any atom is 0.318 e. The van der Waals surface area contributed by atoms with Crippen molar-refractivity contribution < 1.29 is 23.8 Å². The second kappa shape index (κ2) is 7.50. The summed E-state index contributed by atoms with van der Waals surface area (Å²) in [6, 6.07) is 4.74. The van der Waals surface area contributed by atoms with Crippen LogP contribution in [0, 0.1) is 0 Å². The zero-order valence-electron chi connectivity index (χ0n) is 14.5. The summed E-state index contributed by atoms with van der Waals surface area (Å²) < 4.78 is 16.1. The molecule has 0 spiro atoms. The molecule has 2 aliphatic heterocycles. The second-order valence-electron chi connectivity index (χ2n) is 6.18. The Balaban J connectivity index is 1.44. The van der Waals surface area contributed by atoms with Gasteiger partial charge in [-0.05, 0) is 25.0 Å². The number of likely N-dealkylation sites (tertiary alicyclic amines) is 1. The van der Waals surface area contributed by atoms with Crippen LogP contribution < -0.4 is 19.5 Å². The van der Waals surface area contributed by atoms with E-state index in [1.807, 2.05) is 0 Å². The predicted molar refractivity (Wildman–Crippen MR) is 89.9 cm³/mol. The van der Waals surface area contributed by atoms with Crippen LogP contribution in [0.1, 0.15) is 12.8 Å². The number of nitrogens with one attached hydrogen (secondary N) is 1. The summed E-state index contributed by atoms with van der Waals surface area (Å²) in [7, 11) is 3.41. The van der Waals surface area contributed by atoms with Crippen LogP contribution in [0.2, 0.25) is 0 Å². The van der Waals surface area contributed by atoms with E-state index in [9.17, 15) is 9.59 Å². The number of carbonyl (C=O) groups is 2. The fourth-order valence-corrected chi connectivity index (χ4v) is 2.96. The van der Waals surface area contributed by atoms with Crippen molar-refractivity contribution in [3.63, 3.8) is 0 Å². The maximum absolute atomic E-state index is 12.3. The Hall–Kier alpha value is -2.64. The molecular weight excluding hydrogens is 326 g/mol. The van der Waals surface area contributed by atoms with Crippen LogP contribution in [0.4, 0.5) is 4.79 Å². The van der Waals surface area contributed by atoms with E-state index < -0.39 is 0 Å². The van der Waals surface area contributed by atoms with Crippen molar-refractivity contribution in [2.24, 2.45) is 0 Å². The van der Waals surface area contributed by atoms with Crippen molar-refractivity contribution >= 4 is 11.9 Å². The number of likely N-dealkylation sites (N-methyl/N-ethyl adjacent to an activating group) is 1. The molecule has 0 bridgehead atoms. The highest BCUT2D eigenvalue weighted by molar-refractivity contribution is 5.87. The van der Waals surface area contributed by atoms with Crippen LogP contribution in [-0.4, -0.2) is 68.4 Å². The smallest absolute Gasteiger partial charge is 0.318 e. The Labute approximate surface area is 146 Å². The summed E-state index contributed by atoms with van der Waals surface area (Å²) in [4.78, 5) is 27.6. The molecule has 3 rings (SSSR count). The molecule has 1 unspecified atom stereocenters. The standard InChI is InChI=1S/C17H23N3O5/c1-19(2)16(21)13-4-3-8-20(13)17(22)18-7-9-23-12-5-6-14-15(10-12)25-11-24-14/h5-6,10,13H,3-4,7-9,11H2,1-2H3,(H,18,22). The molecule has 1 aromatic rings. The fraction of sp³-hybridized carbons (Fsp3) is 0.529. The molecule has 0 aliphatic carbocycles. The highest BCUT2D eigenvalue weighted by Gasteiger charge is 2.34. The largest absolute Gasteiger partial charge is 0.492 e. The first kappa shape index (κ1) is 17.2. The summed E-state index contributed by atoms with van der Waals surface area (Å²) in [5.74, 6) is 1.97. The van der Waals surface area contributed by atoms with E-state index in [0.29, 0.717) is 43.4 Å². The average molecular weight is 349 g/mol. The van der Waals surface area contributed by atoms with E-state index >= 15 is 0 Å². The van der Waals surface area contributed by atoms with Crippen LogP contribution in [0.25, 0.3) is 0 Å². The van der Waals surface area contributed by atoms with Gasteiger partial charge in [-0.15, -0.1) is 0 Å². The molecule has 0 saturated carbocycles. The lowest BCUT2D eigenvalue weighted by Crippen LogP contribution is -2.49. The number of rotatable bonds is 5. The molecule has 2 heterocycles. The van der Waals surface area contributed by atoms with Crippen molar-refractivity contribution in [3.05, 3.63) is 18.2 Å². The topological polar surface area (TPSA) is 80.3 Å². The van der Waals surface area contributed by atoms with Gasteiger partial charge in [-0.3, -0.25) is 4.79 Å². The van der Waals surface area contributed by atoms with Gasteiger partial charge in [0.1, 0.15) is 18.4 Å². The molecule has 8 heteroatoms. The first-order valence-electron chi connectivity index (χ1n) is 8.34. The first-order chi connectivity index (χ1) is 12.1. The monoisotopic (exact) mass is 349 g/mol. The van der Waals surface area contributed by atoms with Crippen molar-refractivity contribution in [2.45, 2.75) is 18.9 Å². The van der Waals surface area contributed by atoms with Crippen molar-refractivity contribution in [2.75, 3.05) is 40.6 Å². The van der Waals surface area contributed by atoms with Gasteiger partial charge in [0, 0.05) is 26.7 Å². The van der Waals surface area contributed by atoms with Gasteiger partial charge in [-0.25, -0.2) is 4.79 Å². The molecule has 3 amide bonds. The van der Waals surface area contributed by atoms with Crippen molar-refractivity contribution in [1.29, 1.82) is 0 Å². The number of fused-ring (bicyclic) bond motifs is 1. The summed E-state index contributed by atoms with van der Waals surface area (Å²) in [6.07, 6.45) is 1.55. The van der Waals surface area contributed by atoms with Gasteiger partial charge in [0.05, 0.1) is 6.54 Å². The summed E-state index contributed by atoms with van der Waals surface area (Å²) in [5, 5.41) is 2.81. The van der Waals surface area contributed by atoms with Crippen LogP contribution in [-0.2, 0) is 4.79 Å². The molecule has 2 aliphatic rings. The van der Waals surface area contributed by atoms with E-state index in [1.54, 1.807) is 37.2 Å². The molecule has 1 fully saturated rings. The molecule has 8 nitrogen and oxygen atoms in total. The minimum Gasteiger partial charge on any atom is -0.492 e. The lowest BCUT2D eigenvalue weighted by Gasteiger charge is -2.26. The lowest BCUT2D eigenvalue weighted by molar-refractivity contribution is -0.132. The normalized spacial score (nSPS) is 18.2. The molecule has 25 heavy (non-hydrogen) atoms. The van der Waals surface area contributed by atoms with E-state index in [0.717, 1.165) is 6.42 Å². The van der Waals surface area contributed by atoms with Crippen LogP contribution >= 0.6 is 0 Å².